The molecule has 0 spiro atoms. The molecule has 29 heavy (non-hydrogen) atoms. The van der Waals surface area contributed by atoms with E-state index in [-0.39, 0.29) is 13.0 Å². The van der Waals surface area contributed by atoms with E-state index >= 15 is 0 Å². The molecule has 0 radical (unpaired) electrons. The molecule has 0 aliphatic carbocycles. The summed E-state index contributed by atoms with van der Waals surface area (Å²) in [5.41, 5.74) is 1.42. The van der Waals surface area contributed by atoms with Crippen molar-refractivity contribution in [2.24, 2.45) is 0 Å². The van der Waals surface area contributed by atoms with E-state index in [0.717, 1.165) is 14.3 Å². The molecule has 3 rings (SSSR count). The second-order valence-electron chi connectivity index (χ2n) is 6.49. The van der Waals surface area contributed by atoms with Crippen LogP contribution in [0.2, 0.25) is 0 Å². The van der Waals surface area contributed by atoms with Crippen LogP contribution in [0.5, 0.6) is 5.75 Å². The van der Waals surface area contributed by atoms with Gasteiger partial charge in [0.15, 0.2) is 0 Å². The van der Waals surface area contributed by atoms with Gasteiger partial charge in [-0.25, -0.2) is 4.31 Å². The number of nitrogens with zero attached hydrogens (tertiary/aromatic N) is 2. The number of benzene rings is 2. The van der Waals surface area contributed by atoms with Crippen molar-refractivity contribution < 1.29 is 27.9 Å². The Bertz CT molecular complexity index is 1010. The van der Waals surface area contributed by atoms with Gasteiger partial charge in [0.1, 0.15) is 18.3 Å². The summed E-state index contributed by atoms with van der Waals surface area (Å²) in [6.45, 7) is -0.966. The predicted octanol–water partition coefficient (Wildman–Crippen LogP) is 2.04. The van der Waals surface area contributed by atoms with E-state index in [1.165, 1.54) is 7.11 Å². The zero-order valence-electron chi connectivity index (χ0n) is 15.5. The summed E-state index contributed by atoms with van der Waals surface area (Å²) in [4.78, 5) is 24.0. The Labute approximate surface area is 177 Å². The molecule has 1 N–H and O–H groups in total. The molecule has 1 fully saturated rings. The largest absolute Gasteiger partial charge is 0.497 e. The zero-order valence-corrected chi connectivity index (χ0v) is 17.9. The van der Waals surface area contributed by atoms with Gasteiger partial charge in [0.05, 0.1) is 7.11 Å². The highest BCUT2D eigenvalue weighted by Crippen LogP contribution is 2.29. The minimum Gasteiger partial charge on any atom is -0.497 e. The first-order valence-electron chi connectivity index (χ1n) is 8.65. The van der Waals surface area contributed by atoms with Crippen LogP contribution in [0.1, 0.15) is 11.1 Å². The molecule has 1 heterocycles. The number of carboxylic acid groups (broad SMARTS) is 1. The Morgan fingerprint density at radius 1 is 1.10 bits per heavy atom. The topological polar surface area (TPSA) is 104 Å². The Balaban J connectivity index is 1.94. The smallest absolute Gasteiger partial charge is 0.324 e. The number of methoxy groups -OCH3 is 1. The Hall–Kier alpha value is -2.43. The molecule has 1 amide bonds. The van der Waals surface area contributed by atoms with Crippen molar-refractivity contribution in [3.63, 3.8) is 0 Å². The quantitative estimate of drug-likeness (QED) is 0.647. The minimum atomic E-state index is -4.27. The normalized spacial score (nSPS) is 18.8. The Morgan fingerprint density at radius 3 is 2.24 bits per heavy atom. The van der Waals surface area contributed by atoms with E-state index in [1.54, 1.807) is 48.5 Å². The maximum atomic E-state index is 13.0. The lowest BCUT2D eigenvalue weighted by molar-refractivity contribution is -0.141. The molecule has 1 atom stereocenters. The first-order valence-corrected chi connectivity index (χ1v) is 10.8. The number of hydrogen-bond acceptors (Lipinski definition) is 5. The summed E-state index contributed by atoms with van der Waals surface area (Å²) >= 11 is 3.34. The predicted molar refractivity (Wildman–Crippen MR) is 108 cm³/mol. The first kappa shape index (κ1) is 21.3. The Kier molecular flexibility index (Phi) is 6.25. The monoisotopic (exact) mass is 482 g/mol. The number of aliphatic carboxylic acids is 1. The molecule has 0 bridgehead atoms. The molecule has 2 aromatic rings. The number of rotatable bonds is 7. The van der Waals surface area contributed by atoms with Gasteiger partial charge in [0.25, 0.3) is 5.91 Å². The molecule has 1 aliphatic heterocycles. The number of amides is 1. The number of hydrogen-bond donors (Lipinski definition) is 1. The second-order valence-corrected chi connectivity index (χ2v) is 9.21. The van der Waals surface area contributed by atoms with Gasteiger partial charge in [0, 0.05) is 11.0 Å². The van der Waals surface area contributed by atoms with E-state index in [0.29, 0.717) is 15.6 Å². The van der Waals surface area contributed by atoms with Crippen molar-refractivity contribution >= 4 is 38.0 Å². The fourth-order valence-electron chi connectivity index (χ4n) is 3.11. The van der Waals surface area contributed by atoms with Crippen LogP contribution in [0.3, 0.4) is 0 Å². The van der Waals surface area contributed by atoms with Crippen molar-refractivity contribution in [1.82, 2.24) is 8.61 Å². The molecular weight excluding hydrogens is 464 g/mol. The van der Waals surface area contributed by atoms with Gasteiger partial charge in [-0.05, 0) is 41.8 Å². The van der Waals surface area contributed by atoms with Gasteiger partial charge in [-0.3, -0.25) is 9.59 Å². The van der Waals surface area contributed by atoms with Crippen molar-refractivity contribution in [1.29, 1.82) is 0 Å². The van der Waals surface area contributed by atoms with Crippen LogP contribution in [0.25, 0.3) is 0 Å². The van der Waals surface area contributed by atoms with Crippen molar-refractivity contribution in [3.8, 4) is 5.75 Å². The highest BCUT2D eigenvalue weighted by molar-refractivity contribution is 9.10. The maximum absolute atomic E-state index is 13.0. The Morgan fingerprint density at radius 2 is 1.69 bits per heavy atom. The van der Waals surface area contributed by atoms with Gasteiger partial charge in [0.2, 0.25) is 0 Å². The van der Waals surface area contributed by atoms with Crippen LogP contribution in [0, 0.1) is 0 Å². The molecule has 8 nitrogen and oxygen atoms in total. The summed E-state index contributed by atoms with van der Waals surface area (Å²) < 4.78 is 33.4. The average Bonchev–Trinajstić information content (AvgIpc) is 2.85. The molecule has 154 valence electrons. The summed E-state index contributed by atoms with van der Waals surface area (Å²) in [7, 11) is -2.74. The number of ether oxygens (including phenoxy) is 1. The molecule has 1 saturated heterocycles. The van der Waals surface area contributed by atoms with Gasteiger partial charge in [-0.1, -0.05) is 40.2 Å². The molecule has 0 saturated carbocycles. The van der Waals surface area contributed by atoms with Crippen LogP contribution in [-0.2, 0) is 32.8 Å². The van der Waals surface area contributed by atoms with E-state index in [4.69, 9.17) is 9.84 Å². The second kappa shape index (κ2) is 8.52. The number of carbonyl (C=O) groups is 2. The molecule has 2 aromatic carbocycles. The fourth-order valence-corrected chi connectivity index (χ4v) is 5.05. The van der Waals surface area contributed by atoms with E-state index < -0.39 is 34.7 Å². The molecule has 1 aliphatic rings. The first-order chi connectivity index (χ1) is 13.7. The van der Waals surface area contributed by atoms with Crippen LogP contribution >= 0.6 is 15.9 Å². The third-order valence-corrected chi connectivity index (χ3v) is 6.94. The lowest BCUT2D eigenvalue weighted by Gasteiger charge is -2.21. The standard InChI is InChI=1S/C19H19BrN2O6S/c1-28-16-8-4-14(5-9-16)11-21-17(10-13-2-6-15(20)7-3-13)19(25)22(12-18(23)24)29(21,26)27/h2-9,17H,10-12H2,1H3,(H,23,24)/t17-/m0/s1. The van der Waals surface area contributed by atoms with Crippen molar-refractivity contribution in [2.75, 3.05) is 13.7 Å². The van der Waals surface area contributed by atoms with Crippen LogP contribution in [0.15, 0.2) is 53.0 Å². The molecule has 0 unspecified atom stereocenters. The highest BCUT2D eigenvalue weighted by Gasteiger charge is 2.50. The number of halogens is 1. The van der Waals surface area contributed by atoms with E-state index in [1.807, 2.05) is 0 Å². The van der Waals surface area contributed by atoms with Gasteiger partial charge >= 0.3 is 16.2 Å². The molecule has 0 aromatic heterocycles. The zero-order chi connectivity index (χ0) is 21.2. The average molecular weight is 483 g/mol. The summed E-state index contributed by atoms with van der Waals surface area (Å²) in [5, 5.41) is 9.07. The maximum Gasteiger partial charge on any atom is 0.324 e. The molecule has 10 heteroatoms. The number of carbonyl (C=O) groups excluding carboxylic acids is 1. The van der Waals surface area contributed by atoms with Gasteiger partial charge < -0.3 is 9.84 Å². The highest BCUT2D eigenvalue weighted by atomic mass is 79.9. The SMILES string of the molecule is COc1ccc(CN2[C@@H](Cc3ccc(Br)cc3)C(=O)N(CC(=O)O)S2(=O)=O)cc1. The van der Waals surface area contributed by atoms with Gasteiger partial charge in [-0.2, -0.15) is 12.7 Å². The van der Waals surface area contributed by atoms with Crippen LogP contribution < -0.4 is 4.74 Å². The fraction of sp³-hybridized carbons (Fsp3) is 0.263. The third kappa shape index (κ3) is 4.60. The van der Waals surface area contributed by atoms with E-state index in [9.17, 15) is 18.0 Å². The summed E-state index contributed by atoms with van der Waals surface area (Å²) in [6.07, 6.45) is 0.137. The summed E-state index contributed by atoms with van der Waals surface area (Å²) in [6, 6.07) is 12.9. The summed E-state index contributed by atoms with van der Waals surface area (Å²) in [5.74, 6) is -1.52. The lowest BCUT2D eigenvalue weighted by atomic mass is 10.0. The molecular formula is C19H19BrN2O6S. The minimum absolute atomic E-state index is 0.0601. The van der Waals surface area contributed by atoms with E-state index in [2.05, 4.69) is 15.9 Å². The van der Waals surface area contributed by atoms with Gasteiger partial charge in [-0.15, -0.1) is 0 Å². The third-order valence-electron chi connectivity index (χ3n) is 4.57. The lowest BCUT2D eigenvalue weighted by Crippen LogP contribution is -2.37. The number of carboxylic acids is 1. The van der Waals surface area contributed by atoms with Crippen molar-refractivity contribution in [3.05, 3.63) is 64.1 Å². The van der Waals surface area contributed by atoms with Crippen LogP contribution in [-0.4, -0.2) is 53.7 Å². The van der Waals surface area contributed by atoms with Crippen LogP contribution in [0.4, 0.5) is 0 Å². The van der Waals surface area contributed by atoms with Crippen molar-refractivity contribution in [2.45, 2.75) is 19.0 Å².